The number of hydrogen-bond donors (Lipinski definition) is 1. The van der Waals surface area contributed by atoms with Crippen LogP contribution in [0.3, 0.4) is 0 Å². The summed E-state index contributed by atoms with van der Waals surface area (Å²) in [6.07, 6.45) is 0.875. The Bertz CT molecular complexity index is 138. The third-order valence-electron chi connectivity index (χ3n) is 1.95. The fourth-order valence-corrected chi connectivity index (χ4v) is 3.75. The Morgan fingerprint density at radius 3 is 2.00 bits per heavy atom. The van der Waals surface area contributed by atoms with E-state index in [2.05, 4.69) is 0 Å². The zero-order valence-electron chi connectivity index (χ0n) is 9.71. The summed E-state index contributed by atoms with van der Waals surface area (Å²) in [7, 11) is -0.761. The second kappa shape index (κ2) is 7.36. The molecule has 0 aliphatic rings. The van der Waals surface area contributed by atoms with Crippen molar-refractivity contribution in [1.29, 1.82) is 0 Å². The summed E-state index contributed by atoms with van der Waals surface area (Å²) in [5, 5.41) is 0. The van der Waals surface area contributed by atoms with E-state index in [1.165, 1.54) is 0 Å². The van der Waals surface area contributed by atoms with Crippen molar-refractivity contribution in [3.05, 3.63) is 0 Å². The van der Waals surface area contributed by atoms with E-state index in [1.54, 1.807) is 7.11 Å². The molecule has 0 spiro atoms. The van der Waals surface area contributed by atoms with Crippen LogP contribution in [-0.4, -0.2) is 35.2 Å². The summed E-state index contributed by atoms with van der Waals surface area (Å²) in [6, 6.07) is 0.959. The number of rotatable bonds is 8. The van der Waals surface area contributed by atoms with E-state index in [9.17, 15) is 0 Å². The average Bonchev–Trinajstić information content (AvgIpc) is 2.15. The minimum Gasteiger partial charge on any atom is -0.377 e. The van der Waals surface area contributed by atoms with E-state index in [4.69, 9.17) is 19.0 Å². The van der Waals surface area contributed by atoms with Crippen LogP contribution in [0.1, 0.15) is 27.2 Å². The molecular weight excluding hydrogens is 198 g/mol. The molecule has 0 saturated heterocycles. The Kier molecular flexibility index (Phi) is 7.39. The minimum absolute atomic E-state index is 0.165. The molecule has 5 heteroatoms. The average molecular weight is 221 g/mol. The zero-order chi connectivity index (χ0) is 11.0. The molecule has 0 aromatic heterocycles. The molecule has 0 aromatic carbocycles. The molecule has 0 bridgehead atoms. The van der Waals surface area contributed by atoms with Crippen molar-refractivity contribution in [3.8, 4) is 0 Å². The van der Waals surface area contributed by atoms with Gasteiger partial charge < -0.3 is 19.0 Å². The van der Waals surface area contributed by atoms with Crippen LogP contribution in [-0.2, 0) is 13.3 Å². The van der Waals surface area contributed by atoms with Gasteiger partial charge in [-0.05, 0) is 27.2 Å². The van der Waals surface area contributed by atoms with Crippen molar-refractivity contribution in [1.82, 2.24) is 0 Å². The maximum atomic E-state index is 5.70. The van der Waals surface area contributed by atoms with Crippen LogP contribution in [0.25, 0.3) is 0 Å². The van der Waals surface area contributed by atoms with Crippen molar-refractivity contribution in [3.63, 3.8) is 0 Å². The van der Waals surface area contributed by atoms with Gasteiger partial charge in [0.05, 0.1) is 0 Å². The lowest BCUT2D eigenvalue weighted by Gasteiger charge is -2.27. The lowest BCUT2D eigenvalue weighted by Crippen LogP contribution is -2.45. The second-order valence-corrected chi connectivity index (χ2v) is 6.12. The first-order chi connectivity index (χ1) is 6.60. The van der Waals surface area contributed by atoms with Gasteiger partial charge in [0, 0.05) is 32.4 Å². The third-order valence-corrected chi connectivity index (χ3v) is 4.93. The molecule has 0 fully saturated rings. The van der Waals surface area contributed by atoms with E-state index in [0.29, 0.717) is 13.2 Å². The predicted molar refractivity (Wildman–Crippen MR) is 59.1 cm³/mol. The molecule has 0 aliphatic heterocycles. The first kappa shape index (κ1) is 14.1. The van der Waals surface area contributed by atoms with Crippen LogP contribution in [0.4, 0.5) is 0 Å². The van der Waals surface area contributed by atoms with Crippen molar-refractivity contribution in [2.24, 2.45) is 5.73 Å². The quantitative estimate of drug-likeness (QED) is 0.629. The van der Waals surface area contributed by atoms with Gasteiger partial charge in [0.15, 0.2) is 0 Å². The SMILES string of the molecule is CCO[Si](CCC(C)N)(OC)OCC. The largest absolute Gasteiger partial charge is 0.500 e. The molecule has 1 unspecified atom stereocenters. The van der Waals surface area contributed by atoms with Gasteiger partial charge in [-0.15, -0.1) is 0 Å². The van der Waals surface area contributed by atoms with Crippen molar-refractivity contribution in [2.45, 2.75) is 39.3 Å². The summed E-state index contributed by atoms with van der Waals surface area (Å²) < 4.78 is 16.6. The molecule has 0 saturated carbocycles. The summed E-state index contributed by atoms with van der Waals surface area (Å²) in [6.45, 7) is 7.13. The van der Waals surface area contributed by atoms with Gasteiger partial charge in [-0.25, -0.2) is 0 Å². The van der Waals surface area contributed by atoms with Crippen molar-refractivity contribution >= 4 is 8.80 Å². The predicted octanol–water partition coefficient (Wildman–Crippen LogP) is 1.38. The summed E-state index contributed by atoms with van der Waals surface area (Å²) in [4.78, 5) is 0. The number of hydrogen-bond acceptors (Lipinski definition) is 4. The molecule has 86 valence electrons. The molecule has 0 radical (unpaired) electrons. The Hall–Kier alpha value is 0.0569. The van der Waals surface area contributed by atoms with Crippen LogP contribution in [0.15, 0.2) is 0 Å². The highest BCUT2D eigenvalue weighted by Crippen LogP contribution is 2.17. The van der Waals surface area contributed by atoms with E-state index >= 15 is 0 Å². The first-order valence-corrected chi connectivity index (χ1v) is 7.12. The molecule has 14 heavy (non-hydrogen) atoms. The van der Waals surface area contributed by atoms with E-state index in [0.717, 1.165) is 12.5 Å². The highest BCUT2D eigenvalue weighted by Gasteiger charge is 2.38. The highest BCUT2D eigenvalue weighted by atomic mass is 28.4. The normalized spacial score (nSPS) is 14.4. The maximum absolute atomic E-state index is 5.70. The summed E-state index contributed by atoms with van der Waals surface area (Å²) in [5.41, 5.74) is 5.70. The Morgan fingerprint density at radius 1 is 1.21 bits per heavy atom. The molecule has 0 aliphatic carbocycles. The molecular formula is C9H23NO3Si. The lowest BCUT2D eigenvalue weighted by atomic mass is 10.3. The second-order valence-electron chi connectivity index (χ2n) is 3.27. The standard InChI is InChI=1S/C9H23NO3Si/c1-5-12-14(11-4,13-6-2)8-7-9(3)10/h9H,5-8,10H2,1-4H3. The molecule has 1 atom stereocenters. The van der Waals surface area contributed by atoms with Crippen molar-refractivity contribution in [2.75, 3.05) is 20.3 Å². The van der Waals surface area contributed by atoms with Gasteiger partial charge in [0.2, 0.25) is 0 Å². The lowest BCUT2D eigenvalue weighted by molar-refractivity contribution is 0.0857. The number of nitrogens with two attached hydrogens (primary N) is 1. The molecule has 0 rings (SSSR count). The minimum atomic E-state index is -2.41. The Labute approximate surface area is 88.1 Å². The van der Waals surface area contributed by atoms with E-state index in [1.807, 2.05) is 20.8 Å². The zero-order valence-corrected chi connectivity index (χ0v) is 10.7. The highest BCUT2D eigenvalue weighted by molar-refractivity contribution is 6.60. The van der Waals surface area contributed by atoms with Gasteiger partial charge in [-0.3, -0.25) is 0 Å². The molecule has 2 N–H and O–H groups in total. The first-order valence-electron chi connectivity index (χ1n) is 5.18. The topological polar surface area (TPSA) is 53.7 Å². The van der Waals surface area contributed by atoms with Crippen LogP contribution in [0.2, 0.25) is 6.04 Å². The smallest absolute Gasteiger partial charge is 0.377 e. The maximum Gasteiger partial charge on any atom is 0.500 e. The van der Waals surface area contributed by atoms with Gasteiger partial charge in [0.25, 0.3) is 0 Å². The van der Waals surface area contributed by atoms with Crippen molar-refractivity contribution < 1.29 is 13.3 Å². The van der Waals surface area contributed by atoms with Gasteiger partial charge >= 0.3 is 8.80 Å². The van der Waals surface area contributed by atoms with Crippen LogP contribution in [0, 0.1) is 0 Å². The third kappa shape index (κ3) is 5.07. The monoisotopic (exact) mass is 221 g/mol. The van der Waals surface area contributed by atoms with Crippen LogP contribution < -0.4 is 5.73 Å². The molecule has 0 heterocycles. The summed E-state index contributed by atoms with van der Waals surface area (Å²) in [5.74, 6) is 0. The van der Waals surface area contributed by atoms with Gasteiger partial charge in [0.1, 0.15) is 0 Å². The molecule has 0 aromatic rings. The fourth-order valence-electron chi connectivity index (χ4n) is 1.25. The fraction of sp³-hybridized carbons (Fsp3) is 1.00. The van der Waals surface area contributed by atoms with Crippen LogP contribution in [0.5, 0.6) is 0 Å². The Balaban J connectivity index is 4.17. The van der Waals surface area contributed by atoms with Crippen LogP contribution >= 0.6 is 0 Å². The molecule has 0 amide bonds. The van der Waals surface area contributed by atoms with E-state index < -0.39 is 8.80 Å². The summed E-state index contributed by atoms with van der Waals surface area (Å²) >= 11 is 0. The molecule has 4 nitrogen and oxygen atoms in total. The Morgan fingerprint density at radius 2 is 1.71 bits per heavy atom. The van der Waals surface area contributed by atoms with Gasteiger partial charge in [-0.2, -0.15) is 0 Å². The van der Waals surface area contributed by atoms with E-state index in [-0.39, 0.29) is 6.04 Å². The van der Waals surface area contributed by atoms with Gasteiger partial charge in [-0.1, -0.05) is 0 Å².